The molecule has 2 nitrogen and oxygen atoms in total. The number of nitrogens with zero attached hydrogens (tertiary/aromatic N) is 2. The van der Waals surface area contributed by atoms with Gasteiger partial charge in [0.2, 0.25) is 0 Å². The van der Waals surface area contributed by atoms with Gasteiger partial charge in [-0.1, -0.05) is 72.1 Å². The Hall–Kier alpha value is -1.96. The molecule has 0 aromatic heterocycles. The summed E-state index contributed by atoms with van der Waals surface area (Å²) in [5.41, 5.74) is 0.166. The van der Waals surface area contributed by atoms with Crippen LogP contribution in [0.4, 0.5) is 0 Å². The summed E-state index contributed by atoms with van der Waals surface area (Å²) in [6, 6.07) is 20.5. The van der Waals surface area contributed by atoms with Gasteiger partial charge in [0.05, 0.1) is 12.7 Å². The number of hydrogen-bond donors (Lipinski definition) is 0. The standard InChI is InChI=1S/C22H12N2S4/c23-11-13(12-24)18-14-5-1-3-7-16(14)19(17-8-4-2-6-15(17)18)20-27-21-22(28-20)26-10-9-25-21/h1-8H,9-10H2. The van der Waals surface area contributed by atoms with E-state index in [1.54, 1.807) is 0 Å². The number of nitriles is 2. The van der Waals surface area contributed by atoms with Crippen LogP contribution in [0.15, 0.2) is 57.0 Å². The van der Waals surface area contributed by atoms with Crippen molar-refractivity contribution in [1.82, 2.24) is 0 Å². The Labute approximate surface area is 179 Å². The minimum atomic E-state index is 0.166. The van der Waals surface area contributed by atoms with Crippen molar-refractivity contribution in [3.8, 4) is 12.1 Å². The molecule has 3 aromatic rings. The van der Waals surface area contributed by atoms with Crippen LogP contribution in [-0.2, 0) is 0 Å². The molecule has 0 unspecified atom stereocenters. The Bertz CT molecular complexity index is 1290. The average Bonchev–Trinajstić information content (AvgIpc) is 3.17. The normalized spacial score (nSPS) is 16.1. The van der Waals surface area contributed by atoms with Crippen LogP contribution >= 0.6 is 47.0 Å². The fraction of sp³-hybridized carbons (Fsp3) is 0.0909. The van der Waals surface area contributed by atoms with Crippen LogP contribution < -0.4 is 10.4 Å². The number of thioether (sulfide) groups is 4. The van der Waals surface area contributed by atoms with E-state index in [0.717, 1.165) is 38.3 Å². The molecule has 0 fully saturated rings. The summed E-state index contributed by atoms with van der Waals surface area (Å²) < 4.78 is 4.12. The van der Waals surface area contributed by atoms with Crippen LogP contribution in [-0.4, -0.2) is 11.5 Å². The van der Waals surface area contributed by atoms with Crippen LogP contribution in [0.1, 0.15) is 0 Å². The maximum atomic E-state index is 9.58. The molecular weight excluding hydrogens is 421 g/mol. The molecule has 6 heteroatoms. The van der Waals surface area contributed by atoms with Gasteiger partial charge in [0.1, 0.15) is 17.7 Å². The number of benzene rings is 3. The largest absolute Gasteiger partial charge is 0.192 e. The molecule has 3 aromatic carbocycles. The fourth-order valence-corrected chi connectivity index (χ4v) is 9.66. The highest BCUT2D eigenvalue weighted by molar-refractivity contribution is 8.46. The average molecular weight is 433 g/mol. The molecule has 0 amide bonds. The van der Waals surface area contributed by atoms with Crippen molar-refractivity contribution in [3.63, 3.8) is 0 Å². The Morgan fingerprint density at radius 1 is 0.679 bits per heavy atom. The van der Waals surface area contributed by atoms with Crippen molar-refractivity contribution in [1.29, 1.82) is 10.5 Å². The lowest BCUT2D eigenvalue weighted by Gasteiger charge is -2.09. The highest BCUT2D eigenvalue weighted by atomic mass is 32.3. The molecule has 0 saturated carbocycles. The smallest absolute Gasteiger partial charge is 0.138 e. The first-order valence-corrected chi connectivity index (χ1v) is 12.3. The summed E-state index contributed by atoms with van der Waals surface area (Å²) in [6.45, 7) is 0. The van der Waals surface area contributed by atoms with E-state index in [0.29, 0.717) is 0 Å². The first-order valence-electron chi connectivity index (χ1n) is 8.65. The maximum absolute atomic E-state index is 9.58. The molecule has 5 rings (SSSR count). The Morgan fingerprint density at radius 3 is 1.61 bits per heavy atom. The van der Waals surface area contributed by atoms with Crippen molar-refractivity contribution >= 4 is 78.4 Å². The van der Waals surface area contributed by atoms with Crippen molar-refractivity contribution in [2.75, 3.05) is 11.5 Å². The van der Waals surface area contributed by atoms with Crippen molar-refractivity contribution in [2.24, 2.45) is 0 Å². The van der Waals surface area contributed by atoms with Gasteiger partial charge in [0, 0.05) is 21.9 Å². The monoisotopic (exact) mass is 432 g/mol. The molecular formula is C22H12N2S4. The fourth-order valence-electron chi connectivity index (χ4n) is 3.57. The first kappa shape index (κ1) is 18.1. The first-order chi connectivity index (χ1) is 13.8. The molecule has 134 valence electrons. The second-order valence-electron chi connectivity index (χ2n) is 6.20. The molecule has 2 heterocycles. The zero-order valence-corrected chi connectivity index (χ0v) is 17.8. The van der Waals surface area contributed by atoms with Gasteiger partial charge < -0.3 is 0 Å². The van der Waals surface area contributed by atoms with E-state index in [2.05, 4.69) is 24.3 Å². The van der Waals surface area contributed by atoms with E-state index >= 15 is 0 Å². The van der Waals surface area contributed by atoms with Crippen molar-refractivity contribution in [2.45, 2.75) is 0 Å². The molecule has 0 aliphatic carbocycles. The number of rotatable bonds is 0. The van der Waals surface area contributed by atoms with Gasteiger partial charge in [0.15, 0.2) is 0 Å². The van der Waals surface area contributed by atoms with Gasteiger partial charge in [-0.05, 0) is 21.5 Å². The van der Waals surface area contributed by atoms with Crippen LogP contribution in [0.25, 0.3) is 31.4 Å². The molecule has 2 aliphatic rings. The highest BCUT2D eigenvalue weighted by Crippen LogP contribution is 2.60. The number of hydrogen-bond acceptors (Lipinski definition) is 6. The third-order valence-corrected chi connectivity index (χ3v) is 10.5. The molecule has 0 N–H and O–H groups in total. The van der Waals surface area contributed by atoms with Gasteiger partial charge in [-0.15, -0.1) is 23.5 Å². The topological polar surface area (TPSA) is 47.6 Å². The van der Waals surface area contributed by atoms with Gasteiger partial charge in [0.25, 0.3) is 0 Å². The van der Waals surface area contributed by atoms with E-state index in [1.807, 2.05) is 83.4 Å². The Balaban J connectivity index is 2.00. The minimum absolute atomic E-state index is 0.166. The zero-order valence-electron chi connectivity index (χ0n) is 14.6. The van der Waals surface area contributed by atoms with Crippen LogP contribution in [0.3, 0.4) is 0 Å². The second kappa shape index (κ2) is 7.46. The third-order valence-electron chi connectivity index (χ3n) is 4.70. The van der Waals surface area contributed by atoms with Crippen LogP contribution in [0, 0.1) is 22.7 Å². The summed E-state index contributed by atoms with van der Waals surface area (Å²) in [6.07, 6.45) is 0. The summed E-state index contributed by atoms with van der Waals surface area (Å²) >= 11 is 7.63. The van der Waals surface area contributed by atoms with Crippen molar-refractivity contribution < 1.29 is 0 Å². The Morgan fingerprint density at radius 2 is 1.14 bits per heavy atom. The van der Waals surface area contributed by atoms with E-state index in [-0.39, 0.29) is 5.57 Å². The van der Waals surface area contributed by atoms with Gasteiger partial charge in [-0.3, -0.25) is 0 Å². The summed E-state index contributed by atoms with van der Waals surface area (Å²) in [7, 11) is 0. The summed E-state index contributed by atoms with van der Waals surface area (Å²) in [5.74, 6) is 2.32. The van der Waals surface area contributed by atoms with E-state index in [1.165, 1.54) is 17.9 Å². The third kappa shape index (κ3) is 2.84. The minimum Gasteiger partial charge on any atom is -0.192 e. The number of fused-ring (bicyclic) bond motifs is 2. The van der Waals surface area contributed by atoms with Gasteiger partial charge in [-0.25, -0.2) is 0 Å². The van der Waals surface area contributed by atoms with Crippen LogP contribution in [0.5, 0.6) is 0 Å². The maximum Gasteiger partial charge on any atom is 0.138 e. The van der Waals surface area contributed by atoms with E-state index in [9.17, 15) is 10.5 Å². The molecule has 0 radical (unpaired) electrons. The van der Waals surface area contributed by atoms with Crippen LogP contribution in [0.2, 0.25) is 0 Å². The van der Waals surface area contributed by atoms with Gasteiger partial charge >= 0.3 is 0 Å². The lowest BCUT2D eigenvalue weighted by molar-refractivity contribution is 1.50. The molecule has 0 spiro atoms. The van der Waals surface area contributed by atoms with E-state index in [4.69, 9.17) is 0 Å². The molecule has 28 heavy (non-hydrogen) atoms. The molecule has 0 atom stereocenters. The summed E-state index contributed by atoms with van der Waals surface area (Å²) in [5, 5.41) is 25.3. The second-order valence-corrected chi connectivity index (χ2v) is 11.2. The lowest BCUT2D eigenvalue weighted by Crippen LogP contribution is -2.17. The molecule has 2 aliphatic heterocycles. The predicted molar refractivity (Wildman–Crippen MR) is 126 cm³/mol. The van der Waals surface area contributed by atoms with Crippen molar-refractivity contribution in [3.05, 3.63) is 67.4 Å². The van der Waals surface area contributed by atoms with E-state index < -0.39 is 0 Å². The quantitative estimate of drug-likeness (QED) is 0.447. The molecule has 0 saturated heterocycles. The highest BCUT2D eigenvalue weighted by Gasteiger charge is 2.26. The van der Waals surface area contributed by atoms with Gasteiger partial charge in [-0.2, -0.15) is 10.5 Å². The predicted octanol–water partition coefficient (Wildman–Crippen LogP) is 5.34. The SMILES string of the molecule is N#CC(C#N)=c1c2ccccc2c(=C2SC3=C(SCCS3)S2)c2ccccc12. The lowest BCUT2D eigenvalue weighted by atomic mass is 9.96. The zero-order chi connectivity index (χ0) is 19.1. The summed E-state index contributed by atoms with van der Waals surface area (Å²) in [4.78, 5) is 0. The Kier molecular flexibility index (Phi) is 4.82. The molecule has 0 bridgehead atoms.